The van der Waals surface area contributed by atoms with E-state index >= 15 is 0 Å². The summed E-state index contributed by atoms with van der Waals surface area (Å²) in [4.78, 5) is 0. The second-order valence-electron chi connectivity index (χ2n) is 7.74. The van der Waals surface area contributed by atoms with E-state index in [-0.39, 0.29) is 18.1 Å². The average Bonchev–Trinajstić information content (AvgIpc) is 3.59. The molecule has 164 valence electrons. The number of rotatable bonds is 14. The van der Waals surface area contributed by atoms with Gasteiger partial charge >= 0.3 is 0 Å². The van der Waals surface area contributed by atoms with Crippen LogP contribution in [0.25, 0.3) is 0 Å². The van der Waals surface area contributed by atoms with E-state index in [2.05, 4.69) is 38.1 Å². The van der Waals surface area contributed by atoms with Gasteiger partial charge in [-0.2, -0.15) is 0 Å². The molecule has 0 spiro atoms. The van der Waals surface area contributed by atoms with Gasteiger partial charge in [-0.3, -0.25) is 0 Å². The molecule has 2 aromatic rings. The standard InChI is InChI=1S/C24H32O6/c1-24(2,20-5-9-22(10-6-20)29-17-23-18-30-23)19-3-7-21(8-4-19)28-16-15-27-14-13-26-12-11-25/h3-10,23,25H,11-18H2,1-2H3/t23-/m0/s1. The number of ether oxygens (including phenoxy) is 5. The minimum Gasteiger partial charge on any atom is -0.491 e. The highest BCUT2D eigenvalue weighted by Gasteiger charge is 2.24. The molecule has 6 heteroatoms. The molecule has 6 nitrogen and oxygen atoms in total. The van der Waals surface area contributed by atoms with Gasteiger partial charge in [0.2, 0.25) is 0 Å². The molecule has 0 unspecified atom stereocenters. The molecule has 0 aliphatic carbocycles. The van der Waals surface area contributed by atoms with Gasteiger partial charge in [-0.25, -0.2) is 0 Å². The summed E-state index contributed by atoms with van der Waals surface area (Å²) in [6.07, 6.45) is 0.263. The SMILES string of the molecule is CC(C)(c1ccc(OCCOCCOCCO)cc1)c1ccc(OC[C@H]2CO2)cc1. The van der Waals surface area contributed by atoms with E-state index in [1.165, 1.54) is 11.1 Å². The summed E-state index contributed by atoms with van der Waals surface area (Å²) in [6.45, 7) is 8.17. The van der Waals surface area contributed by atoms with Gasteiger partial charge in [-0.05, 0) is 35.4 Å². The van der Waals surface area contributed by atoms with Gasteiger partial charge in [-0.1, -0.05) is 38.1 Å². The van der Waals surface area contributed by atoms with Crippen LogP contribution in [0.2, 0.25) is 0 Å². The summed E-state index contributed by atoms with van der Waals surface area (Å²) in [5, 5.41) is 8.62. The number of benzene rings is 2. The van der Waals surface area contributed by atoms with Crippen LogP contribution in [0, 0.1) is 0 Å². The molecule has 0 amide bonds. The van der Waals surface area contributed by atoms with E-state index in [0.29, 0.717) is 39.6 Å². The molecule has 1 atom stereocenters. The second-order valence-corrected chi connectivity index (χ2v) is 7.74. The maximum Gasteiger partial charge on any atom is 0.119 e. The van der Waals surface area contributed by atoms with Crippen molar-refractivity contribution >= 4 is 0 Å². The largest absolute Gasteiger partial charge is 0.491 e. The van der Waals surface area contributed by atoms with E-state index in [0.717, 1.165) is 18.1 Å². The first kappa shape index (κ1) is 22.6. The van der Waals surface area contributed by atoms with Crippen LogP contribution in [-0.2, 0) is 19.6 Å². The Labute approximate surface area is 178 Å². The number of epoxide rings is 1. The van der Waals surface area contributed by atoms with Crippen LogP contribution in [0.1, 0.15) is 25.0 Å². The molecule has 0 aromatic heterocycles. The lowest BCUT2D eigenvalue weighted by Gasteiger charge is -2.26. The molecule has 0 radical (unpaired) electrons. The van der Waals surface area contributed by atoms with Crippen molar-refractivity contribution in [3.8, 4) is 11.5 Å². The molecule has 0 saturated carbocycles. The summed E-state index contributed by atoms with van der Waals surface area (Å²) >= 11 is 0. The van der Waals surface area contributed by atoms with Gasteiger partial charge in [0.25, 0.3) is 0 Å². The first-order valence-electron chi connectivity index (χ1n) is 10.4. The molecule has 1 aliphatic rings. The summed E-state index contributed by atoms with van der Waals surface area (Å²) < 4.78 is 27.2. The van der Waals surface area contributed by atoms with Gasteiger partial charge in [0.05, 0.1) is 39.6 Å². The van der Waals surface area contributed by atoms with Crippen LogP contribution in [-0.4, -0.2) is 64.1 Å². The fraction of sp³-hybridized carbons (Fsp3) is 0.500. The van der Waals surface area contributed by atoms with Gasteiger partial charge in [0.15, 0.2) is 0 Å². The Morgan fingerprint density at radius 1 is 0.800 bits per heavy atom. The van der Waals surface area contributed by atoms with Gasteiger partial charge in [-0.15, -0.1) is 0 Å². The third-order valence-electron chi connectivity index (χ3n) is 5.09. The lowest BCUT2D eigenvalue weighted by Crippen LogP contribution is -2.18. The zero-order chi connectivity index (χ0) is 21.2. The monoisotopic (exact) mass is 416 g/mol. The van der Waals surface area contributed by atoms with E-state index in [1.807, 2.05) is 24.3 Å². The minimum atomic E-state index is -0.131. The Morgan fingerprint density at radius 2 is 1.30 bits per heavy atom. The van der Waals surface area contributed by atoms with E-state index in [4.69, 9.17) is 28.8 Å². The predicted molar refractivity (Wildman–Crippen MR) is 114 cm³/mol. The number of aliphatic hydroxyl groups excluding tert-OH is 1. The zero-order valence-corrected chi connectivity index (χ0v) is 17.8. The molecule has 1 heterocycles. The van der Waals surface area contributed by atoms with Crippen LogP contribution in [0.3, 0.4) is 0 Å². The topological polar surface area (TPSA) is 69.7 Å². The molecule has 2 aromatic carbocycles. The normalized spacial score (nSPS) is 15.8. The number of hydrogen-bond acceptors (Lipinski definition) is 6. The zero-order valence-electron chi connectivity index (χ0n) is 17.8. The van der Waals surface area contributed by atoms with Crippen molar-refractivity contribution in [2.75, 3.05) is 52.9 Å². The highest BCUT2D eigenvalue weighted by Crippen LogP contribution is 2.33. The third-order valence-corrected chi connectivity index (χ3v) is 5.09. The van der Waals surface area contributed by atoms with Crippen molar-refractivity contribution in [3.05, 3.63) is 59.7 Å². The Kier molecular flexibility index (Phi) is 8.51. The molecular formula is C24H32O6. The van der Waals surface area contributed by atoms with Crippen molar-refractivity contribution in [2.24, 2.45) is 0 Å². The number of aliphatic hydroxyl groups is 1. The molecule has 3 rings (SSSR count). The van der Waals surface area contributed by atoms with Gasteiger partial charge < -0.3 is 28.8 Å². The molecule has 1 fully saturated rings. The van der Waals surface area contributed by atoms with Gasteiger partial charge in [0, 0.05) is 5.41 Å². The molecule has 1 aliphatic heterocycles. The summed E-state index contributed by atoms with van der Waals surface area (Å²) in [5.41, 5.74) is 2.31. The third kappa shape index (κ3) is 6.99. The van der Waals surface area contributed by atoms with Gasteiger partial charge in [0.1, 0.15) is 30.8 Å². The fourth-order valence-corrected chi connectivity index (χ4v) is 3.06. The number of hydrogen-bond donors (Lipinski definition) is 1. The van der Waals surface area contributed by atoms with Crippen LogP contribution in [0.5, 0.6) is 11.5 Å². The first-order valence-corrected chi connectivity index (χ1v) is 10.4. The van der Waals surface area contributed by atoms with Crippen molar-refractivity contribution in [1.29, 1.82) is 0 Å². The van der Waals surface area contributed by atoms with Crippen molar-refractivity contribution < 1.29 is 28.8 Å². The van der Waals surface area contributed by atoms with E-state index in [1.54, 1.807) is 0 Å². The van der Waals surface area contributed by atoms with E-state index < -0.39 is 0 Å². The van der Waals surface area contributed by atoms with Crippen molar-refractivity contribution in [2.45, 2.75) is 25.4 Å². The summed E-state index contributed by atoms with van der Waals surface area (Å²) in [6, 6.07) is 16.5. The molecule has 30 heavy (non-hydrogen) atoms. The van der Waals surface area contributed by atoms with Crippen LogP contribution in [0.4, 0.5) is 0 Å². The molecule has 0 bridgehead atoms. The van der Waals surface area contributed by atoms with Crippen molar-refractivity contribution in [3.63, 3.8) is 0 Å². The highest BCUT2D eigenvalue weighted by atomic mass is 16.6. The molecule has 1 saturated heterocycles. The summed E-state index contributed by atoms with van der Waals surface area (Å²) in [7, 11) is 0. The van der Waals surface area contributed by atoms with E-state index in [9.17, 15) is 0 Å². The quantitative estimate of drug-likeness (QED) is 0.377. The Hall–Kier alpha value is -2.12. The fourth-order valence-electron chi connectivity index (χ4n) is 3.06. The average molecular weight is 417 g/mol. The summed E-state index contributed by atoms with van der Waals surface area (Å²) in [5.74, 6) is 1.69. The Morgan fingerprint density at radius 3 is 1.83 bits per heavy atom. The highest BCUT2D eigenvalue weighted by molar-refractivity contribution is 5.41. The predicted octanol–water partition coefficient (Wildman–Crippen LogP) is 3.19. The van der Waals surface area contributed by atoms with Crippen molar-refractivity contribution in [1.82, 2.24) is 0 Å². The van der Waals surface area contributed by atoms with Crippen LogP contribution < -0.4 is 9.47 Å². The minimum absolute atomic E-state index is 0.0336. The lowest BCUT2D eigenvalue weighted by molar-refractivity contribution is 0.0247. The molecule has 1 N–H and O–H groups in total. The van der Waals surface area contributed by atoms with Crippen LogP contribution >= 0.6 is 0 Å². The maximum absolute atomic E-state index is 8.62. The maximum atomic E-state index is 8.62. The Balaban J connectivity index is 1.44. The second kappa shape index (κ2) is 11.3. The molecular weight excluding hydrogens is 384 g/mol. The smallest absolute Gasteiger partial charge is 0.119 e. The van der Waals surface area contributed by atoms with Crippen LogP contribution in [0.15, 0.2) is 48.5 Å². The lowest BCUT2D eigenvalue weighted by atomic mass is 9.78. The first-order chi connectivity index (χ1) is 14.6. The Bertz CT molecular complexity index is 737.